The highest BCUT2D eigenvalue weighted by atomic mass is 19.1. The average molecular weight is 230 g/mol. The van der Waals surface area contributed by atoms with Gasteiger partial charge < -0.3 is 0 Å². The normalized spacial score (nSPS) is 42.9. The Kier molecular flexibility index (Phi) is 4.21. The number of hydrogen-bond acceptors (Lipinski definition) is 0. The van der Waals surface area contributed by atoms with Crippen LogP contribution in [0.25, 0.3) is 0 Å². The average Bonchev–Trinajstić information content (AvgIpc) is 2.53. The summed E-state index contributed by atoms with van der Waals surface area (Å²) in [5.74, 6) is 0.549. The Hall–Kier alpha value is -0.140. The summed E-state index contributed by atoms with van der Waals surface area (Å²) in [4.78, 5) is 0. The van der Waals surface area contributed by atoms with Crippen LogP contribution < -0.4 is 0 Å². The number of rotatable bonds is 1. The fourth-order valence-electron chi connectivity index (χ4n) is 3.50. The molecular weight excluding hydrogens is 206 g/mol. The fraction of sp³-hybridized carbons (Fsp3) is 1.00. The summed E-state index contributed by atoms with van der Waals surface area (Å²) in [7, 11) is 0. The first-order valence-electron chi connectivity index (χ1n) is 6.96. The second-order valence-electron chi connectivity index (χ2n) is 5.87. The minimum atomic E-state index is -0.906. The summed E-state index contributed by atoms with van der Waals surface area (Å²) in [6.07, 6.45) is 7.01. The molecule has 0 aromatic rings. The van der Waals surface area contributed by atoms with E-state index < -0.39 is 12.3 Å². The minimum absolute atomic E-state index is 0.319. The van der Waals surface area contributed by atoms with E-state index >= 15 is 0 Å². The molecule has 16 heavy (non-hydrogen) atoms. The van der Waals surface area contributed by atoms with Crippen LogP contribution in [0.5, 0.6) is 0 Å². The maximum atomic E-state index is 13.7. The highest BCUT2D eigenvalue weighted by Gasteiger charge is 2.38. The third kappa shape index (κ3) is 2.75. The summed E-state index contributed by atoms with van der Waals surface area (Å²) in [5, 5.41) is 0. The zero-order valence-electron chi connectivity index (χ0n) is 10.3. The van der Waals surface area contributed by atoms with Crippen molar-refractivity contribution in [1.29, 1.82) is 0 Å². The van der Waals surface area contributed by atoms with Crippen LogP contribution in [0.15, 0.2) is 0 Å². The van der Waals surface area contributed by atoms with Gasteiger partial charge in [0.15, 0.2) is 0 Å². The lowest BCUT2D eigenvalue weighted by molar-refractivity contribution is 0.0311. The Bertz CT molecular complexity index is 197. The van der Waals surface area contributed by atoms with Gasteiger partial charge in [0.05, 0.1) is 0 Å². The maximum Gasteiger partial charge on any atom is 0.106 e. The van der Waals surface area contributed by atoms with Crippen LogP contribution in [0.2, 0.25) is 0 Å². The van der Waals surface area contributed by atoms with Gasteiger partial charge in [0.2, 0.25) is 0 Å². The summed E-state index contributed by atoms with van der Waals surface area (Å²) in [6, 6.07) is 0. The lowest BCUT2D eigenvalue weighted by Gasteiger charge is -2.36. The second-order valence-corrected chi connectivity index (χ2v) is 5.87. The summed E-state index contributed by atoms with van der Waals surface area (Å²) >= 11 is 0. The van der Waals surface area contributed by atoms with Crippen molar-refractivity contribution in [3.8, 4) is 0 Å². The van der Waals surface area contributed by atoms with Gasteiger partial charge in [0.25, 0.3) is 0 Å². The highest BCUT2D eigenvalue weighted by Crippen LogP contribution is 2.41. The molecule has 94 valence electrons. The lowest BCUT2D eigenvalue weighted by Crippen LogP contribution is -2.36. The van der Waals surface area contributed by atoms with E-state index in [4.69, 9.17) is 0 Å². The Balaban J connectivity index is 1.93. The Morgan fingerprint density at radius 1 is 0.750 bits per heavy atom. The van der Waals surface area contributed by atoms with Gasteiger partial charge >= 0.3 is 0 Å². The molecule has 2 fully saturated rings. The van der Waals surface area contributed by atoms with Crippen LogP contribution in [-0.2, 0) is 0 Å². The standard InChI is InChI=1S/C14H24F2/c1-10-13(15)8-12(9-14(10)16)11-6-4-2-3-5-7-11/h10-14H,2-9H2,1H3. The van der Waals surface area contributed by atoms with Crippen molar-refractivity contribution in [1.82, 2.24) is 0 Å². The molecule has 0 aliphatic heterocycles. The SMILES string of the molecule is CC1C(F)CC(C2CCCCCC2)CC1F. The molecule has 2 rings (SSSR count). The highest BCUT2D eigenvalue weighted by molar-refractivity contribution is 4.87. The maximum absolute atomic E-state index is 13.7. The first-order valence-corrected chi connectivity index (χ1v) is 6.96. The van der Waals surface area contributed by atoms with Gasteiger partial charge in [-0.3, -0.25) is 0 Å². The molecule has 0 heterocycles. The van der Waals surface area contributed by atoms with E-state index in [1.165, 1.54) is 38.5 Å². The topological polar surface area (TPSA) is 0 Å². The van der Waals surface area contributed by atoms with Crippen molar-refractivity contribution in [2.45, 2.75) is 70.6 Å². The molecule has 0 saturated heterocycles. The molecule has 0 N–H and O–H groups in total. The second kappa shape index (κ2) is 5.46. The third-order valence-electron chi connectivity index (χ3n) is 4.76. The van der Waals surface area contributed by atoms with Crippen LogP contribution in [0, 0.1) is 17.8 Å². The van der Waals surface area contributed by atoms with Crippen LogP contribution in [0.3, 0.4) is 0 Å². The molecule has 2 saturated carbocycles. The van der Waals surface area contributed by atoms with Crippen molar-refractivity contribution in [3.05, 3.63) is 0 Å². The Morgan fingerprint density at radius 3 is 1.75 bits per heavy atom. The van der Waals surface area contributed by atoms with E-state index in [0.717, 1.165) is 0 Å². The predicted molar refractivity (Wildman–Crippen MR) is 62.9 cm³/mol. The van der Waals surface area contributed by atoms with Crippen molar-refractivity contribution in [3.63, 3.8) is 0 Å². The molecular formula is C14H24F2. The molecule has 0 amide bonds. The number of hydrogen-bond donors (Lipinski definition) is 0. The van der Waals surface area contributed by atoms with Crippen molar-refractivity contribution in [2.24, 2.45) is 17.8 Å². The van der Waals surface area contributed by atoms with Gasteiger partial charge in [-0.05, 0) is 24.7 Å². The first kappa shape index (κ1) is 12.3. The first-order chi connectivity index (χ1) is 7.68. The monoisotopic (exact) mass is 230 g/mol. The molecule has 0 aromatic heterocycles. The van der Waals surface area contributed by atoms with Crippen LogP contribution in [0.4, 0.5) is 8.78 Å². The molecule has 2 heteroatoms. The Morgan fingerprint density at radius 2 is 1.25 bits per heavy atom. The van der Waals surface area contributed by atoms with E-state index in [1.807, 2.05) is 0 Å². The number of alkyl halides is 2. The van der Waals surface area contributed by atoms with Gasteiger partial charge in [0, 0.05) is 5.92 Å². The Labute approximate surface area is 97.8 Å². The number of halogens is 2. The van der Waals surface area contributed by atoms with E-state index in [0.29, 0.717) is 24.7 Å². The van der Waals surface area contributed by atoms with Crippen molar-refractivity contribution in [2.75, 3.05) is 0 Å². The quantitative estimate of drug-likeness (QED) is 0.574. The summed E-state index contributed by atoms with van der Waals surface area (Å²) < 4.78 is 27.4. The van der Waals surface area contributed by atoms with Gasteiger partial charge in [-0.2, -0.15) is 0 Å². The molecule has 0 aromatic carbocycles. The van der Waals surface area contributed by atoms with Gasteiger partial charge in [-0.15, -0.1) is 0 Å². The van der Waals surface area contributed by atoms with Crippen LogP contribution in [0.1, 0.15) is 58.3 Å². The smallest absolute Gasteiger partial charge is 0.106 e. The lowest BCUT2D eigenvalue weighted by atomic mass is 9.72. The molecule has 0 radical (unpaired) electrons. The summed E-state index contributed by atoms with van der Waals surface area (Å²) in [5.41, 5.74) is 0. The fourth-order valence-corrected chi connectivity index (χ4v) is 3.50. The van der Waals surface area contributed by atoms with Crippen molar-refractivity contribution >= 4 is 0 Å². The third-order valence-corrected chi connectivity index (χ3v) is 4.76. The van der Waals surface area contributed by atoms with Crippen LogP contribution in [-0.4, -0.2) is 12.3 Å². The van der Waals surface area contributed by atoms with Gasteiger partial charge in [0.1, 0.15) is 12.3 Å². The van der Waals surface area contributed by atoms with Crippen LogP contribution >= 0.6 is 0 Å². The van der Waals surface area contributed by atoms with E-state index in [2.05, 4.69) is 0 Å². The summed E-state index contributed by atoms with van der Waals surface area (Å²) in [6.45, 7) is 1.72. The van der Waals surface area contributed by atoms with Gasteiger partial charge in [-0.1, -0.05) is 45.4 Å². The van der Waals surface area contributed by atoms with Crippen molar-refractivity contribution < 1.29 is 8.78 Å². The van der Waals surface area contributed by atoms with Gasteiger partial charge in [-0.25, -0.2) is 8.78 Å². The zero-order valence-corrected chi connectivity index (χ0v) is 10.3. The zero-order chi connectivity index (χ0) is 11.5. The molecule has 2 aliphatic carbocycles. The van der Waals surface area contributed by atoms with E-state index in [9.17, 15) is 8.78 Å². The van der Waals surface area contributed by atoms with E-state index in [-0.39, 0.29) is 5.92 Å². The minimum Gasteiger partial charge on any atom is -0.247 e. The van der Waals surface area contributed by atoms with E-state index in [1.54, 1.807) is 6.92 Å². The molecule has 2 atom stereocenters. The molecule has 0 nitrogen and oxygen atoms in total. The molecule has 2 aliphatic rings. The molecule has 2 unspecified atom stereocenters. The molecule has 0 bridgehead atoms. The largest absolute Gasteiger partial charge is 0.247 e. The predicted octanol–water partition coefficient (Wildman–Crippen LogP) is 4.68. The molecule has 0 spiro atoms.